The number of rotatable bonds is 3. The van der Waals surface area contributed by atoms with Gasteiger partial charge in [0.05, 0.1) is 5.75 Å². The van der Waals surface area contributed by atoms with E-state index in [-0.39, 0.29) is 5.41 Å². The van der Waals surface area contributed by atoms with E-state index >= 15 is 0 Å². The van der Waals surface area contributed by atoms with Crippen LogP contribution in [0.3, 0.4) is 0 Å². The van der Waals surface area contributed by atoms with Crippen molar-refractivity contribution in [1.29, 1.82) is 0 Å². The topological polar surface area (TPSA) is 26.3 Å². The first-order valence-electron chi connectivity index (χ1n) is 5.23. The van der Waals surface area contributed by atoms with E-state index in [1.807, 2.05) is 20.8 Å². The SMILES string of the molecule is CC(C)(C)C(=O)CSC1CCOCC1. The van der Waals surface area contributed by atoms with Gasteiger partial charge in [0.15, 0.2) is 0 Å². The molecule has 1 saturated heterocycles. The molecule has 1 heterocycles. The molecule has 1 aliphatic heterocycles. The number of carbonyl (C=O) groups is 1. The Morgan fingerprint density at radius 3 is 2.43 bits per heavy atom. The van der Waals surface area contributed by atoms with E-state index < -0.39 is 0 Å². The third-order valence-corrected chi connectivity index (χ3v) is 3.83. The lowest BCUT2D eigenvalue weighted by Crippen LogP contribution is -2.25. The molecule has 0 radical (unpaired) electrons. The Balaban J connectivity index is 2.22. The fourth-order valence-electron chi connectivity index (χ4n) is 1.25. The van der Waals surface area contributed by atoms with E-state index in [1.54, 1.807) is 11.8 Å². The number of thioether (sulfide) groups is 1. The summed E-state index contributed by atoms with van der Waals surface area (Å²) in [5, 5.41) is 0.634. The molecule has 1 rings (SSSR count). The van der Waals surface area contributed by atoms with Crippen molar-refractivity contribution < 1.29 is 9.53 Å². The van der Waals surface area contributed by atoms with Crippen LogP contribution < -0.4 is 0 Å². The fourth-order valence-corrected chi connectivity index (χ4v) is 2.60. The second-order valence-corrected chi connectivity index (χ2v) is 6.08. The van der Waals surface area contributed by atoms with Crippen LogP contribution >= 0.6 is 11.8 Å². The second kappa shape index (κ2) is 5.17. The molecule has 0 unspecified atom stereocenters. The Morgan fingerprint density at radius 2 is 1.93 bits per heavy atom. The van der Waals surface area contributed by atoms with Crippen molar-refractivity contribution in [3.05, 3.63) is 0 Å². The maximum atomic E-state index is 11.7. The number of carbonyl (C=O) groups excluding carboxylic acids is 1. The predicted molar refractivity (Wildman–Crippen MR) is 60.8 cm³/mol. The van der Waals surface area contributed by atoms with Gasteiger partial charge < -0.3 is 4.74 Å². The monoisotopic (exact) mass is 216 g/mol. The smallest absolute Gasteiger partial charge is 0.148 e. The van der Waals surface area contributed by atoms with Crippen molar-refractivity contribution in [3.8, 4) is 0 Å². The van der Waals surface area contributed by atoms with Gasteiger partial charge in [0.2, 0.25) is 0 Å². The molecule has 0 saturated carbocycles. The van der Waals surface area contributed by atoms with E-state index in [4.69, 9.17) is 4.74 Å². The maximum Gasteiger partial charge on any atom is 0.148 e. The third kappa shape index (κ3) is 4.01. The summed E-state index contributed by atoms with van der Waals surface area (Å²) >= 11 is 1.80. The van der Waals surface area contributed by atoms with Crippen LogP contribution in [0, 0.1) is 5.41 Å². The van der Waals surface area contributed by atoms with Gasteiger partial charge in [-0.1, -0.05) is 20.8 Å². The van der Waals surface area contributed by atoms with Crippen LogP contribution in [-0.4, -0.2) is 30.0 Å². The van der Waals surface area contributed by atoms with Crippen LogP contribution in [-0.2, 0) is 9.53 Å². The zero-order valence-corrected chi connectivity index (χ0v) is 10.2. The van der Waals surface area contributed by atoms with Crippen molar-refractivity contribution in [1.82, 2.24) is 0 Å². The molecular weight excluding hydrogens is 196 g/mol. The van der Waals surface area contributed by atoms with Gasteiger partial charge in [0.1, 0.15) is 5.78 Å². The lowest BCUT2D eigenvalue weighted by Gasteiger charge is -2.23. The van der Waals surface area contributed by atoms with Gasteiger partial charge in [0, 0.05) is 23.9 Å². The standard InChI is InChI=1S/C11H20O2S/c1-11(2,3)10(12)8-14-9-4-6-13-7-5-9/h9H,4-8H2,1-3H3. The Hall–Kier alpha value is -0.0200. The van der Waals surface area contributed by atoms with Crippen LogP contribution in [0.25, 0.3) is 0 Å². The number of hydrogen-bond acceptors (Lipinski definition) is 3. The van der Waals surface area contributed by atoms with E-state index in [0.717, 1.165) is 26.1 Å². The minimum Gasteiger partial charge on any atom is -0.381 e. The molecule has 0 spiro atoms. The summed E-state index contributed by atoms with van der Waals surface area (Å²) in [5.41, 5.74) is -0.182. The summed E-state index contributed by atoms with van der Waals surface area (Å²) in [6.45, 7) is 7.68. The van der Waals surface area contributed by atoms with Crippen LogP contribution in [0.4, 0.5) is 0 Å². The Morgan fingerprint density at radius 1 is 1.36 bits per heavy atom. The quantitative estimate of drug-likeness (QED) is 0.725. The van der Waals surface area contributed by atoms with Gasteiger partial charge in [-0.25, -0.2) is 0 Å². The molecule has 0 atom stereocenters. The van der Waals surface area contributed by atoms with E-state index in [0.29, 0.717) is 16.8 Å². The van der Waals surface area contributed by atoms with Gasteiger partial charge in [-0.3, -0.25) is 4.79 Å². The van der Waals surface area contributed by atoms with Crippen LogP contribution in [0.5, 0.6) is 0 Å². The molecule has 0 aliphatic carbocycles. The van der Waals surface area contributed by atoms with Crippen molar-refractivity contribution >= 4 is 17.5 Å². The first-order chi connectivity index (χ1) is 6.50. The van der Waals surface area contributed by atoms with Crippen molar-refractivity contribution in [2.75, 3.05) is 19.0 Å². The molecular formula is C11H20O2S. The molecule has 1 fully saturated rings. The lowest BCUT2D eigenvalue weighted by atomic mass is 9.92. The average Bonchev–Trinajstić information content (AvgIpc) is 2.14. The summed E-state index contributed by atoms with van der Waals surface area (Å²) in [6, 6.07) is 0. The first-order valence-corrected chi connectivity index (χ1v) is 6.27. The fraction of sp³-hybridized carbons (Fsp3) is 0.909. The highest BCUT2D eigenvalue weighted by atomic mass is 32.2. The molecule has 0 aromatic rings. The van der Waals surface area contributed by atoms with Gasteiger partial charge in [-0.2, -0.15) is 11.8 Å². The molecule has 0 bridgehead atoms. The largest absolute Gasteiger partial charge is 0.381 e. The summed E-state index contributed by atoms with van der Waals surface area (Å²) in [6.07, 6.45) is 2.20. The third-order valence-electron chi connectivity index (χ3n) is 2.45. The number of hydrogen-bond donors (Lipinski definition) is 0. The molecule has 0 amide bonds. The highest BCUT2D eigenvalue weighted by Gasteiger charge is 2.23. The van der Waals surface area contributed by atoms with E-state index in [1.165, 1.54) is 0 Å². The van der Waals surface area contributed by atoms with Crippen molar-refractivity contribution in [2.45, 2.75) is 38.9 Å². The summed E-state index contributed by atoms with van der Waals surface area (Å²) in [4.78, 5) is 11.7. The van der Waals surface area contributed by atoms with Crippen molar-refractivity contribution in [3.63, 3.8) is 0 Å². The van der Waals surface area contributed by atoms with E-state index in [2.05, 4.69) is 0 Å². The predicted octanol–water partition coefficient (Wildman–Crippen LogP) is 2.51. The first kappa shape index (κ1) is 12.1. The maximum absolute atomic E-state index is 11.7. The zero-order valence-electron chi connectivity index (χ0n) is 9.34. The summed E-state index contributed by atoms with van der Waals surface area (Å²) in [7, 11) is 0. The molecule has 3 heteroatoms. The number of ketones is 1. The molecule has 1 aliphatic rings. The van der Waals surface area contributed by atoms with Gasteiger partial charge >= 0.3 is 0 Å². The molecule has 2 nitrogen and oxygen atoms in total. The molecule has 82 valence electrons. The summed E-state index contributed by atoms with van der Waals surface area (Å²) in [5.74, 6) is 1.02. The normalized spacial score (nSPS) is 19.6. The Bertz CT molecular complexity index is 190. The average molecular weight is 216 g/mol. The molecule has 0 aromatic carbocycles. The number of Topliss-reactive ketones (excluding diaryl/α,β-unsaturated/α-hetero) is 1. The Kier molecular flexibility index (Phi) is 4.45. The van der Waals surface area contributed by atoms with Crippen LogP contribution in [0.2, 0.25) is 0 Å². The summed E-state index contributed by atoms with van der Waals surface area (Å²) < 4.78 is 5.28. The minimum absolute atomic E-state index is 0.182. The van der Waals surface area contributed by atoms with Crippen LogP contribution in [0.15, 0.2) is 0 Å². The molecule has 0 N–H and O–H groups in total. The van der Waals surface area contributed by atoms with Gasteiger partial charge in [-0.15, -0.1) is 0 Å². The lowest BCUT2D eigenvalue weighted by molar-refractivity contribution is -0.123. The molecule has 0 aromatic heterocycles. The van der Waals surface area contributed by atoms with Gasteiger partial charge in [-0.05, 0) is 12.8 Å². The van der Waals surface area contributed by atoms with Crippen LogP contribution in [0.1, 0.15) is 33.6 Å². The zero-order chi connectivity index (χ0) is 10.6. The highest BCUT2D eigenvalue weighted by Crippen LogP contribution is 2.25. The van der Waals surface area contributed by atoms with E-state index in [9.17, 15) is 4.79 Å². The molecule has 14 heavy (non-hydrogen) atoms. The highest BCUT2D eigenvalue weighted by molar-refractivity contribution is 8.00. The van der Waals surface area contributed by atoms with Gasteiger partial charge in [0.25, 0.3) is 0 Å². The Labute approximate surface area is 90.8 Å². The van der Waals surface area contributed by atoms with Crippen molar-refractivity contribution in [2.24, 2.45) is 5.41 Å². The minimum atomic E-state index is -0.182. The second-order valence-electron chi connectivity index (χ2n) is 4.80. The number of ether oxygens (including phenoxy) is 1.